The van der Waals surface area contributed by atoms with Gasteiger partial charge in [-0.1, -0.05) is 54.6 Å². The zero-order valence-electron chi connectivity index (χ0n) is 22.3. The standard InChI is InChI=1S/C36H21N5S/c1-2-9-22(10-3-1)39-29-13-6-4-11-24(29)26-21-32-27(20-31(26)39)25-12-5-7-14-30(25)40(32)23-16-17-33-28(19-23)35-36(42-33)41-34(38-35)15-8-18-37-41/h1-21H. The van der Waals surface area contributed by atoms with Crippen LogP contribution in [0.3, 0.4) is 0 Å². The van der Waals surface area contributed by atoms with E-state index in [-0.39, 0.29) is 0 Å². The molecule has 10 aromatic rings. The summed E-state index contributed by atoms with van der Waals surface area (Å²) in [7, 11) is 0. The van der Waals surface area contributed by atoms with E-state index in [0.29, 0.717) is 0 Å². The monoisotopic (exact) mass is 555 g/mol. The molecule has 0 bridgehead atoms. The van der Waals surface area contributed by atoms with Gasteiger partial charge in [0.05, 0.1) is 22.1 Å². The molecule has 0 N–H and O–H groups in total. The van der Waals surface area contributed by atoms with Crippen molar-refractivity contribution in [2.24, 2.45) is 0 Å². The Labute approximate surface area is 243 Å². The van der Waals surface area contributed by atoms with E-state index in [2.05, 4.69) is 123 Å². The van der Waals surface area contributed by atoms with Gasteiger partial charge in [-0.25, -0.2) is 9.50 Å². The van der Waals surface area contributed by atoms with Gasteiger partial charge in [-0.3, -0.25) is 0 Å². The zero-order valence-corrected chi connectivity index (χ0v) is 23.1. The van der Waals surface area contributed by atoms with Gasteiger partial charge in [0, 0.05) is 49.2 Å². The highest BCUT2D eigenvalue weighted by molar-refractivity contribution is 7.25. The van der Waals surface area contributed by atoms with Crippen molar-refractivity contribution in [3.63, 3.8) is 0 Å². The van der Waals surface area contributed by atoms with Crippen LogP contribution in [0.25, 0.3) is 81.1 Å². The number of fused-ring (bicyclic) bond motifs is 11. The molecule has 5 aromatic heterocycles. The third kappa shape index (κ3) is 2.86. The topological polar surface area (TPSA) is 40.0 Å². The van der Waals surface area contributed by atoms with Gasteiger partial charge in [-0.2, -0.15) is 5.10 Å². The fourth-order valence-corrected chi connectivity index (χ4v) is 7.82. The third-order valence-corrected chi connectivity index (χ3v) is 9.65. The minimum atomic E-state index is 0.875. The average Bonchev–Trinajstić information content (AvgIpc) is 3.77. The Kier molecular flexibility index (Phi) is 4.27. The molecule has 0 saturated carbocycles. The van der Waals surface area contributed by atoms with Gasteiger partial charge < -0.3 is 9.13 Å². The molecular weight excluding hydrogens is 534 g/mol. The molecule has 0 aliphatic heterocycles. The van der Waals surface area contributed by atoms with Crippen LogP contribution in [0, 0.1) is 0 Å². The zero-order chi connectivity index (χ0) is 27.4. The van der Waals surface area contributed by atoms with Crippen LogP contribution in [-0.2, 0) is 0 Å². The molecular formula is C36H21N5S. The first-order valence-electron chi connectivity index (χ1n) is 14.0. The highest BCUT2D eigenvalue weighted by atomic mass is 32.1. The largest absolute Gasteiger partial charge is 0.309 e. The van der Waals surface area contributed by atoms with E-state index in [4.69, 9.17) is 4.98 Å². The summed E-state index contributed by atoms with van der Waals surface area (Å²) >= 11 is 1.74. The van der Waals surface area contributed by atoms with Crippen molar-refractivity contribution >= 4 is 81.0 Å². The highest BCUT2D eigenvalue weighted by Crippen LogP contribution is 2.41. The Morgan fingerprint density at radius 2 is 1.17 bits per heavy atom. The lowest BCUT2D eigenvalue weighted by molar-refractivity contribution is 0.972. The van der Waals surface area contributed by atoms with Crippen molar-refractivity contribution < 1.29 is 0 Å². The molecule has 5 aromatic carbocycles. The summed E-state index contributed by atoms with van der Waals surface area (Å²) in [5.41, 5.74) is 8.99. The summed E-state index contributed by atoms with van der Waals surface area (Å²) < 4.78 is 7.96. The first-order valence-corrected chi connectivity index (χ1v) is 14.8. The smallest absolute Gasteiger partial charge is 0.155 e. The summed E-state index contributed by atoms with van der Waals surface area (Å²) in [4.78, 5) is 6.03. The number of nitrogens with zero attached hydrogens (tertiary/aromatic N) is 5. The number of para-hydroxylation sites is 3. The second-order valence-corrected chi connectivity index (χ2v) is 11.8. The molecule has 0 fully saturated rings. The number of imidazole rings is 1. The lowest BCUT2D eigenvalue weighted by atomic mass is 10.1. The van der Waals surface area contributed by atoms with Crippen molar-refractivity contribution in [1.82, 2.24) is 23.7 Å². The number of rotatable bonds is 2. The van der Waals surface area contributed by atoms with Crippen molar-refractivity contribution in [3.8, 4) is 11.4 Å². The van der Waals surface area contributed by atoms with E-state index in [1.54, 1.807) is 11.3 Å². The van der Waals surface area contributed by atoms with Gasteiger partial charge in [0.25, 0.3) is 0 Å². The Balaban J connectivity index is 1.32. The minimum Gasteiger partial charge on any atom is -0.309 e. The van der Waals surface area contributed by atoms with E-state index in [1.807, 2.05) is 22.8 Å². The predicted octanol–water partition coefficient (Wildman–Crippen LogP) is 9.29. The molecule has 5 nitrogen and oxygen atoms in total. The molecule has 6 heteroatoms. The number of hydrogen-bond acceptors (Lipinski definition) is 3. The second kappa shape index (κ2) is 8.06. The fraction of sp³-hybridized carbons (Fsp3) is 0. The van der Waals surface area contributed by atoms with E-state index in [1.165, 1.54) is 54.0 Å². The number of benzene rings is 5. The molecule has 0 atom stereocenters. The lowest BCUT2D eigenvalue weighted by Gasteiger charge is -2.09. The van der Waals surface area contributed by atoms with E-state index < -0.39 is 0 Å². The summed E-state index contributed by atoms with van der Waals surface area (Å²) in [6.07, 6.45) is 1.82. The molecule has 0 amide bonds. The van der Waals surface area contributed by atoms with Crippen LogP contribution in [0.5, 0.6) is 0 Å². The number of thiophene rings is 1. The molecule has 196 valence electrons. The number of hydrogen-bond donors (Lipinski definition) is 0. The van der Waals surface area contributed by atoms with Crippen molar-refractivity contribution in [3.05, 3.63) is 128 Å². The quantitative estimate of drug-likeness (QED) is 0.213. The number of aromatic nitrogens is 5. The molecule has 0 radical (unpaired) electrons. The maximum absolute atomic E-state index is 4.96. The summed E-state index contributed by atoms with van der Waals surface area (Å²) in [6.45, 7) is 0. The Morgan fingerprint density at radius 3 is 1.90 bits per heavy atom. The molecule has 0 spiro atoms. The summed E-state index contributed by atoms with van der Waals surface area (Å²) in [5.74, 6) is 0. The predicted molar refractivity (Wildman–Crippen MR) is 175 cm³/mol. The average molecular weight is 556 g/mol. The van der Waals surface area contributed by atoms with Crippen LogP contribution in [0.2, 0.25) is 0 Å². The van der Waals surface area contributed by atoms with Gasteiger partial charge in [-0.15, -0.1) is 11.3 Å². The van der Waals surface area contributed by atoms with Gasteiger partial charge in [0.2, 0.25) is 0 Å². The maximum atomic E-state index is 4.96. The van der Waals surface area contributed by atoms with E-state index in [0.717, 1.165) is 27.1 Å². The fourth-order valence-electron chi connectivity index (χ4n) is 6.73. The molecule has 42 heavy (non-hydrogen) atoms. The molecule has 10 rings (SSSR count). The van der Waals surface area contributed by atoms with E-state index >= 15 is 0 Å². The van der Waals surface area contributed by atoms with Crippen molar-refractivity contribution in [2.45, 2.75) is 0 Å². The molecule has 0 unspecified atom stereocenters. The minimum absolute atomic E-state index is 0.875. The Bertz CT molecular complexity index is 2690. The first-order chi connectivity index (χ1) is 20.8. The maximum Gasteiger partial charge on any atom is 0.155 e. The summed E-state index contributed by atoms with van der Waals surface area (Å²) in [6, 6.07) is 43.6. The van der Waals surface area contributed by atoms with Gasteiger partial charge >= 0.3 is 0 Å². The van der Waals surface area contributed by atoms with Crippen molar-refractivity contribution in [2.75, 3.05) is 0 Å². The highest BCUT2D eigenvalue weighted by Gasteiger charge is 2.19. The van der Waals surface area contributed by atoms with Gasteiger partial charge in [-0.05, 0) is 66.7 Å². The SMILES string of the molecule is c1ccc(-n2c3ccccc3c3cc4c(cc32)c2ccccc2n4-c2ccc3sc4c(nc5cccnn54)c3c2)cc1. The van der Waals surface area contributed by atoms with Crippen LogP contribution < -0.4 is 0 Å². The van der Waals surface area contributed by atoms with Gasteiger partial charge in [0.15, 0.2) is 5.65 Å². The molecule has 0 aliphatic carbocycles. The van der Waals surface area contributed by atoms with Crippen LogP contribution >= 0.6 is 11.3 Å². The third-order valence-electron chi connectivity index (χ3n) is 8.52. The van der Waals surface area contributed by atoms with Crippen LogP contribution in [0.1, 0.15) is 0 Å². The van der Waals surface area contributed by atoms with E-state index in [9.17, 15) is 0 Å². The van der Waals surface area contributed by atoms with Crippen molar-refractivity contribution in [1.29, 1.82) is 0 Å². The van der Waals surface area contributed by atoms with Gasteiger partial charge in [0.1, 0.15) is 10.3 Å². The molecule has 0 aliphatic rings. The Morgan fingerprint density at radius 1 is 0.500 bits per heavy atom. The normalized spacial score (nSPS) is 12.3. The lowest BCUT2D eigenvalue weighted by Crippen LogP contribution is -1.94. The molecule has 0 saturated heterocycles. The van der Waals surface area contributed by atoms with Crippen LogP contribution in [-0.4, -0.2) is 23.7 Å². The Hall–Kier alpha value is -5.46. The molecule has 5 heterocycles. The second-order valence-electron chi connectivity index (χ2n) is 10.8. The van der Waals surface area contributed by atoms with Crippen LogP contribution in [0.15, 0.2) is 128 Å². The first kappa shape index (κ1) is 22.3. The van der Waals surface area contributed by atoms with Crippen LogP contribution in [0.4, 0.5) is 0 Å². The summed E-state index contributed by atoms with van der Waals surface area (Å²) in [5, 5.41) is 10.7.